The number of nitrogens with zero attached hydrogens (tertiary/aromatic N) is 2. The van der Waals surface area contributed by atoms with Crippen LogP contribution < -0.4 is 0 Å². The summed E-state index contributed by atoms with van der Waals surface area (Å²) in [6, 6.07) is 0. The summed E-state index contributed by atoms with van der Waals surface area (Å²) in [5.41, 5.74) is 0. The third kappa shape index (κ3) is 6.85. The summed E-state index contributed by atoms with van der Waals surface area (Å²) in [5.74, 6) is -2.19. The van der Waals surface area contributed by atoms with E-state index in [0.717, 1.165) is 18.8 Å². The molecule has 0 aliphatic carbocycles. The fourth-order valence-electron chi connectivity index (χ4n) is 1.31. The molecule has 0 saturated carbocycles. The van der Waals surface area contributed by atoms with Gasteiger partial charge >= 0.3 is 11.3 Å². The van der Waals surface area contributed by atoms with Gasteiger partial charge in [0.1, 0.15) is 12.8 Å². The van der Waals surface area contributed by atoms with E-state index in [4.69, 9.17) is 9.25 Å². The first-order valence-corrected chi connectivity index (χ1v) is 8.41. The van der Waals surface area contributed by atoms with E-state index in [1.54, 1.807) is 0 Å². The van der Waals surface area contributed by atoms with E-state index in [0.29, 0.717) is 12.5 Å². The van der Waals surface area contributed by atoms with Crippen molar-refractivity contribution in [2.24, 2.45) is 11.1 Å². The highest BCUT2D eigenvalue weighted by molar-refractivity contribution is 7.91. The molecular weight excluding hydrogens is 337 g/mol. The zero-order valence-electron chi connectivity index (χ0n) is 12.6. The summed E-state index contributed by atoms with van der Waals surface area (Å²) in [6.45, 7) is 4.44. The van der Waals surface area contributed by atoms with E-state index < -0.39 is 39.1 Å². The average Bonchev–Trinajstić information content (AvgIpc) is 2.93. The van der Waals surface area contributed by atoms with Crippen molar-refractivity contribution < 1.29 is 30.8 Å². The minimum atomic E-state index is -4.10. The highest BCUT2D eigenvalue weighted by Gasteiger charge is 2.22. The number of hydrogen-bond acceptors (Lipinski definition) is 6. The van der Waals surface area contributed by atoms with E-state index in [9.17, 15) is 21.6 Å². The molecule has 0 radical (unpaired) electrons. The lowest BCUT2D eigenvalue weighted by Gasteiger charge is -2.01. The Morgan fingerprint density at radius 2 is 2.13 bits per heavy atom. The van der Waals surface area contributed by atoms with Gasteiger partial charge in [-0.1, -0.05) is 19.0 Å². The highest BCUT2D eigenvalue weighted by atomic mass is 32.2. The molecule has 0 amide bonds. The summed E-state index contributed by atoms with van der Waals surface area (Å²) < 4.78 is 64.9. The van der Waals surface area contributed by atoms with Crippen LogP contribution in [-0.4, -0.2) is 32.0 Å². The quantitative estimate of drug-likeness (QED) is 0.386. The Balaban J connectivity index is 2.61. The maximum absolute atomic E-state index is 12.6. The molecule has 6 nitrogen and oxygen atoms in total. The van der Waals surface area contributed by atoms with Crippen molar-refractivity contribution >= 4 is 16.1 Å². The SMILES string of the molecule is CC(C)CCO/N=C/c1cnc(S(=O)(=O)CCC(F)=C(F)F)o1. The second kappa shape index (κ2) is 8.70. The van der Waals surface area contributed by atoms with Crippen LogP contribution in [0.3, 0.4) is 0 Å². The van der Waals surface area contributed by atoms with Crippen molar-refractivity contribution in [1.82, 2.24) is 4.98 Å². The Morgan fingerprint density at radius 3 is 2.74 bits per heavy atom. The van der Waals surface area contributed by atoms with E-state index >= 15 is 0 Å². The summed E-state index contributed by atoms with van der Waals surface area (Å²) in [6.07, 6.45) is -0.469. The Kier molecular flexibility index (Phi) is 7.27. The maximum atomic E-state index is 12.6. The molecule has 0 aliphatic heterocycles. The molecule has 130 valence electrons. The van der Waals surface area contributed by atoms with Crippen molar-refractivity contribution in [2.45, 2.75) is 31.9 Å². The van der Waals surface area contributed by atoms with Crippen molar-refractivity contribution in [3.05, 3.63) is 23.9 Å². The van der Waals surface area contributed by atoms with Gasteiger partial charge in [0.2, 0.25) is 9.84 Å². The predicted octanol–water partition coefficient (Wildman–Crippen LogP) is 3.31. The molecule has 1 aromatic heterocycles. The summed E-state index contributed by atoms with van der Waals surface area (Å²) in [5, 5.41) is 2.90. The number of aromatic nitrogens is 1. The molecule has 23 heavy (non-hydrogen) atoms. The van der Waals surface area contributed by atoms with Gasteiger partial charge in [-0.15, -0.1) is 0 Å². The Labute approximate surface area is 131 Å². The standard InChI is InChI=1S/C13H17F3N2O4S/c1-9(2)3-5-21-18-8-10-7-17-13(22-10)23(19,20)6-4-11(14)12(15)16/h7-9H,3-6H2,1-2H3/b18-8+. The number of hydrogen-bond donors (Lipinski definition) is 0. The first-order chi connectivity index (χ1) is 10.7. The third-order valence-electron chi connectivity index (χ3n) is 2.60. The molecule has 0 unspecified atom stereocenters. The van der Waals surface area contributed by atoms with E-state index in [1.807, 2.05) is 13.8 Å². The Bertz CT molecular complexity index is 665. The van der Waals surface area contributed by atoms with Crippen LogP contribution in [0.2, 0.25) is 0 Å². The van der Waals surface area contributed by atoms with Crippen LogP contribution in [0.4, 0.5) is 13.2 Å². The van der Waals surface area contributed by atoms with Gasteiger partial charge in [-0.2, -0.15) is 8.78 Å². The minimum Gasteiger partial charge on any atom is -0.427 e. The Morgan fingerprint density at radius 1 is 1.43 bits per heavy atom. The molecule has 0 spiro atoms. The Hall–Kier alpha value is -1.84. The van der Waals surface area contributed by atoms with Crippen LogP contribution in [-0.2, 0) is 14.7 Å². The third-order valence-corrected chi connectivity index (χ3v) is 4.07. The van der Waals surface area contributed by atoms with E-state index in [2.05, 4.69) is 10.1 Å². The lowest BCUT2D eigenvalue weighted by Crippen LogP contribution is -2.07. The van der Waals surface area contributed by atoms with Crippen LogP contribution in [0.1, 0.15) is 32.4 Å². The molecule has 0 aliphatic rings. The first kappa shape index (κ1) is 19.2. The van der Waals surface area contributed by atoms with Gasteiger partial charge in [0, 0.05) is 6.42 Å². The molecular formula is C13H17F3N2O4S. The molecule has 0 aromatic carbocycles. The van der Waals surface area contributed by atoms with Gasteiger partial charge in [-0.3, -0.25) is 0 Å². The molecule has 1 aromatic rings. The fourth-order valence-corrected chi connectivity index (χ4v) is 2.37. The topological polar surface area (TPSA) is 81.8 Å². The van der Waals surface area contributed by atoms with Crippen molar-refractivity contribution in [3.63, 3.8) is 0 Å². The molecule has 0 saturated heterocycles. The van der Waals surface area contributed by atoms with Crippen LogP contribution in [0.25, 0.3) is 0 Å². The lowest BCUT2D eigenvalue weighted by atomic mass is 10.1. The van der Waals surface area contributed by atoms with E-state index in [1.165, 1.54) is 0 Å². The van der Waals surface area contributed by atoms with E-state index in [-0.39, 0.29) is 5.76 Å². The molecule has 0 N–H and O–H groups in total. The van der Waals surface area contributed by atoms with Crippen LogP contribution in [0.5, 0.6) is 0 Å². The zero-order chi connectivity index (χ0) is 17.5. The summed E-state index contributed by atoms with van der Waals surface area (Å²) >= 11 is 0. The molecule has 10 heteroatoms. The van der Waals surface area contributed by atoms with Gasteiger partial charge in [-0.25, -0.2) is 17.8 Å². The van der Waals surface area contributed by atoms with Gasteiger partial charge in [0.15, 0.2) is 11.6 Å². The maximum Gasteiger partial charge on any atom is 0.315 e. The van der Waals surface area contributed by atoms with Crippen LogP contribution in [0, 0.1) is 5.92 Å². The van der Waals surface area contributed by atoms with Gasteiger partial charge < -0.3 is 9.25 Å². The lowest BCUT2D eigenvalue weighted by molar-refractivity contribution is 0.134. The number of allylic oxidation sites excluding steroid dienone is 1. The monoisotopic (exact) mass is 354 g/mol. The fraction of sp³-hybridized carbons (Fsp3) is 0.538. The minimum absolute atomic E-state index is 0.0146. The normalized spacial score (nSPS) is 12.1. The average molecular weight is 354 g/mol. The summed E-state index contributed by atoms with van der Waals surface area (Å²) in [7, 11) is -4.10. The smallest absolute Gasteiger partial charge is 0.315 e. The molecule has 1 rings (SSSR count). The largest absolute Gasteiger partial charge is 0.427 e. The number of sulfone groups is 1. The van der Waals surface area contributed by atoms with Gasteiger partial charge in [-0.05, 0) is 12.3 Å². The molecule has 0 bridgehead atoms. The molecule has 1 heterocycles. The zero-order valence-corrected chi connectivity index (χ0v) is 13.4. The van der Waals surface area contributed by atoms with Crippen LogP contribution in [0.15, 0.2) is 32.9 Å². The molecule has 0 atom stereocenters. The predicted molar refractivity (Wildman–Crippen MR) is 76.5 cm³/mol. The molecule has 0 fully saturated rings. The van der Waals surface area contributed by atoms with Crippen molar-refractivity contribution in [3.8, 4) is 0 Å². The van der Waals surface area contributed by atoms with Crippen molar-refractivity contribution in [1.29, 1.82) is 0 Å². The van der Waals surface area contributed by atoms with Crippen molar-refractivity contribution in [2.75, 3.05) is 12.4 Å². The summed E-state index contributed by atoms with van der Waals surface area (Å²) in [4.78, 5) is 8.45. The first-order valence-electron chi connectivity index (χ1n) is 6.76. The van der Waals surface area contributed by atoms with Gasteiger partial charge in [0.25, 0.3) is 0 Å². The number of rotatable bonds is 9. The highest BCUT2D eigenvalue weighted by Crippen LogP contribution is 2.18. The van der Waals surface area contributed by atoms with Crippen LogP contribution >= 0.6 is 0 Å². The second-order valence-electron chi connectivity index (χ2n) is 5.01. The number of oxime groups is 1. The number of halogens is 3. The number of oxazole rings is 1. The second-order valence-corrected chi connectivity index (χ2v) is 7.00. The van der Waals surface area contributed by atoms with Gasteiger partial charge in [0.05, 0.1) is 11.9 Å².